The maximum Gasteiger partial charge on any atom is 0.399 e. The summed E-state index contributed by atoms with van der Waals surface area (Å²) in [6.07, 6.45) is -1.17. The average molecular weight is 339 g/mol. The Labute approximate surface area is 106 Å². The number of halogens is 3. The zero-order valence-electron chi connectivity index (χ0n) is 9.36. The highest BCUT2D eigenvalue weighted by molar-refractivity contribution is 9.10. The molecule has 0 bridgehead atoms. The lowest BCUT2D eigenvalue weighted by Gasteiger charge is -2.26. The van der Waals surface area contributed by atoms with Gasteiger partial charge in [-0.25, -0.2) is 0 Å². The van der Waals surface area contributed by atoms with Crippen molar-refractivity contribution < 1.29 is 32.3 Å². The Morgan fingerprint density at radius 2 is 1.82 bits per heavy atom. The largest absolute Gasteiger partial charge is 0.480 e. The molecule has 1 unspecified atom stereocenters. The number of hydrogen-bond donors (Lipinski definition) is 1. The van der Waals surface area contributed by atoms with E-state index in [1.165, 1.54) is 13.8 Å². The minimum Gasteiger partial charge on any atom is -0.480 e. The normalized spacial score (nSPS) is 14.6. The van der Waals surface area contributed by atoms with E-state index in [0.717, 1.165) is 0 Å². The highest BCUT2D eigenvalue weighted by Gasteiger charge is 2.54. The predicted molar refractivity (Wildman–Crippen MR) is 60.8 cm³/mol. The summed E-state index contributed by atoms with van der Waals surface area (Å²) >= 11 is 2.56. The van der Waals surface area contributed by atoms with E-state index in [2.05, 4.69) is 25.0 Å². The fraction of sp³-hybridized carbons (Fsp3) is 0.875. The molecule has 0 amide bonds. The highest BCUT2D eigenvalue weighted by atomic mass is 79.9. The lowest BCUT2D eigenvalue weighted by atomic mass is 10.3. The van der Waals surface area contributed by atoms with Gasteiger partial charge in [0.1, 0.15) is 4.83 Å². The molecule has 5 nitrogen and oxygen atoms in total. The number of carboxylic acids is 1. The molecule has 1 atom stereocenters. The molecule has 0 aliphatic carbocycles. The van der Waals surface area contributed by atoms with E-state index in [-0.39, 0.29) is 13.2 Å². The Hall–Kier alpha value is -0.0400. The van der Waals surface area contributed by atoms with Gasteiger partial charge in [0.15, 0.2) is 0 Å². The molecule has 0 heterocycles. The first-order valence-corrected chi connectivity index (χ1v) is 7.30. The fourth-order valence-electron chi connectivity index (χ4n) is 0.981. The Morgan fingerprint density at radius 3 is 2.12 bits per heavy atom. The third kappa shape index (κ3) is 4.62. The summed E-state index contributed by atoms with van der Waals surface area (Å²) in [5, 5.41) is 8.52. The van der Waals surface area contributed by atoms with Crippen molar-refractivity contribution in [3.8, 4) is 0 Å². The molecule has 0 aromatic heterocycles. The van der Waals surface area contributed by atoms with Crippen molar-refractivity contribution in [1.82, 2.24) is 0 Å². The van der Waals surface area contributed by atoms with Gasteiger partial charge in [-0.15, -0.1) is 0 Å². The molecule has 0 spiro atoms. The third-order valence-electron chi connectivity index (χ3n) is 1.69. The highest BCUT2D eigenvalue weighted by Crippen LogP contribution is 2.63. The van der Waals surface area contributed by atoms with Gasteiger partial charge in [-0.05, 0) is 13.8 Å². The Bertz CT molecular complexity index is 302. The number of carbonyl (C=O) groups is 1. The number of alkyl halides is 3. The standard InChI is InChI=1S/C8H14BrF2O5P/c1-3-15-17(14,16-4-2)8(10,11)5-6(9)7(12)13/h6H,3-5H2,1-2H3,(H,12,13). The van der Waals surface area contributed by atoms with Gasteiger partial charge in [-0.1, -0.05) is 15.9 Å². The van der Waals surface area contributed by atoms with Crippen LogP contribution in [0.5, 0.6) is 0 Å². The minimum atomic E-state index is -4.64. The predicted octanol–water partition coefficient (Wildman–Crippen LogP) is 3.08. The van der Waals surface area contributed by atoms with Gasteiger partial charge < -0.3 is 14.2 Å². The van der Waals surface area contributed by atoms with Crippen molar-refractivity contribution in [3.05, 3.63) is 0 Å². The molecule has 0 aromatic carbocycles. The molecule has 0 rings (SSSR count). The summed E-state index contributed by atoms with van der Waals surface area (Å²) in [4.78, 5) is 8.95. The van der Waals surface area contributed by atoms with E-state index in [9.17, 15) is 18.1 Å². The van der Waals surface area contributed by atoms with Gasteiger partial charge in [-0.2, -0.15) is 8.78 Å². The Balaban J connectivity index is 4.95. The molecular weight excluding hydrogens is 325 g/mol. The second-order valence-electron chi connectivity index (χ2n) is 3.01. The van der Waals surface area contributed by atoms with Crippen LogP contribution in [0.3, 0.4) is 0 Å². The lowest BCUT2D eigenvalue weighted by Crippen LogP contribution is -2.27. The maximum absolute atomic E-state index is 13.7. The van der Waals surface area contributed by atoms with Gasteiger partial charge in [0.2, 0.25) is 0 Å². The number of hydrogen-bond acceptors (Lipinski definition) is 4. The van der Waals surface area contributed by atoms with Gasteiger partial charge in [0, 0.05) is 6.42 Å². The summed E-state index contributed by atoms with van der Waals surface area (Å²) in [6, 6.07) is 0. The van der Waals surface area contributed by atoms with E-state index in [1.54, 1.807) is 0 Å². The first kappa shape index (κ1) is 17.0. The van der Waals surface area contributed by atoms with Gasteiger partial charge >= 0.3 is 19.2 Å². The van der Waals surface area contributed by atoms with Crippen molar-refractivity contribution in [1.29, 1.82) is 0 Å². The van der Waals surface area contributed by atoms with Gasteiger partial charge in [0.25, 0.3) is 0 Å². The van der Waals surface area contributed by atoms with E-state index < -0.39 is 30.5 Å². The van der Waals surface area contributed by atoms with E-state index in [0.29, 0.717) is 0 Å². The zero-order chi connectivity index (χ0) is 13.7. The molecule has 102 valence electrons. The quantitative estimate of drug-likeness (QED) is 0.543. The monoisotopic (exact) mass is 338 g/mol. The molecule has 1 N–H and O–H groups in total. The van der Waals surface area contributed by atoms with Crippen molar-refractivity contribution in [3.63, 3.8) is 0 Å². The Kier molecular flexibility index (Phi) is 6.76. The van der Waals surface area contributed by atoms with Crippen molar-refractivity contribution in [2.75, 3.05) is 13.2 Å². The molecule has 0 aromatic rings. The molecule has 0 radical (unpaired) electrons. The summed E-state index contributed by atoms with van der Waals surface area (Å²) in [5.41, 5.74) is -3.86. The smallest absolute Gasteiger partial charge is 0.399 e. The number of carboxylic acid groups (broad SMARTS) is 1. The molecule has 0 saturated carbocycles. The molecule has 9 heteroatoms. The van der Waals surface area contributed by atoms with Crippen LogP contribution in [-0.2, 0) is 18.4 Å². The minimum absolute atomic E-state index is 0.215. The van der Waals surface area contributed by atoms with Crippen LogP contribution in [0, 0.1) is 0 Å². The summed E-state index contributed by atoms with van der Waals surface area (Å²) < 4.78 is 48.1. The van der Waals surface area contributed by atoms with Gasteiger partial charge in [-0.3, -0.25) is 9.36 Å². The summed E-state index contributed by atoms with van der Waals surface area (Å²) in [5.74, 6) is -1.47. The molecule has 17 heavy (non-hydrogen) atoms. The Morgan fingerprint density at radius 1 is 1.41 bits per heavy atom. The molecule has 0 aliphatic heterocycles. The van der Waals surface area contributed by atoms with Crippen LogP contribution >= 0.6 is 23.5 Å². The first-order chi connectivity index (χ1) is 7.70. The second kappa shape index (κ2) is 6.78. The van der Waals surface area contributed by atoms with Crippen LogP contribution in [0.4, 0.5) is 8.78 Å². The molecular formula is C8H14BrF2O5P. The summed E-state index contributed by atoms with van der Waals surface area (Å²) in [7, 11) is -4.64. The zero-order valence-corrected chi connectivity index (χ0v) is 11.8. The average Bonchev–Trinajstić information content (AvgIpc) is 2.17. The van der Waals surface area contributed by atoms with Crippen molar-refractivity contribution >= 4 is 29.5 Å². The molecule has 0 aliphatic rings. The summed E-state index contributed by atoms with van der Waals surface area (Å²) in [6.45, 7) is 2.36. The number of aliphatic carboxylic acids is 1. The van der Waals surface area contributed by atoms with E-state index in [4.69, 9.17) is 5.11 Å². The maximum atomic E-state index is 13.7. The van der Waals surface area contributed by atoms with Crippen molar-refractivity contribution in [2.24, 2.45) is 0 Å². The number of rotatable bonds is 8. The van der Waals surface area contributed by atoms with Crippen LogP contribution in [0.25, 0.3) is 0 Å². The third-order valence-corrected chi connectivity index (χ3v) is 4.59. The lowest BCUT2D eigenvalue weighted by molar-refractivity contribution is -0.137. The van der Waals surface area contributed by atoms with Crippen LogP contribution < -0.4 is 0 Å². The van der Waals surface area contributed by atoms with E-state index >= 15 is 0 Å². The van der Waals surface area contributed by atoms with Gasteiger partial charge in [0.05, 0.1) is 13.2 Å². The van der Waals surface area contributed by atoms with Crippen LogP contribution in [0.2, 0.25) is 0 Å². The molecule has 0 fully saturated rings. The fourth-order valence-corrected chi connectivity index (χ4v) is 3.18. The van der Waals surface area contributed by atoms with Crippen LogP contribution in [-0.4, -0.2) is 34.8 Å². The van der Waals surface area contributed by atoms with Crippen LogP contribution in [0.1, 0.15) is 20.3 Å². The molecule has 0 saturated heterocycles. The topological polar surface area (TPSA) is 72.8 Å². The first-order valence-electron chi connectivity index (χ1n) is 4.84. The van der Waals surface area contributed by atoms with Crippen molar-refractivity contribution in [2.45, 2.75) is 30.8 Å². The second-order valence-corrected chi connectivity index (χ2v) is 6.28. The van der Waals surface area contributed by atoms with E-state index in [1.807, 2.05) is 0 Å². The van der Waals surface area contributed by atoms with Crippen LogP contribution in [0.15, 0.2) is 0 Å². The SMILES string of the molecule is CCOP(=O)(OCC)C(F)(F)CC(Br)C(=O)O.